The Morgan fingerprint density at radius 3 is 1.38 bits per heavy atom. The highest BCUT2D eigenvalue weighted by Crippen LogP contribution is 2.64. The van der Waals surface area contributed by atoms with Crippen molar-refractivity contribution in [2.75, 3.05) is 10.6 Å². The predicted octanol–water partition coefficient (Wildman–Crippen LogP) is 8.30. The highest BCUT2D eigenvalue weighted by Gasteiger charge is 2.96. The Balaban J connectivity index is 2.66. The van der Waals surface area contributed by atoms with Crippen LogP contribution in [0.25, 0.3) is 0 Å². The summed E-state index contributed by atoms with van der Waals surface area (Å²) in [7, 11) is -15.3. The zero-order valence-electron chi connectivity index (χ0n) is 23.4. The van der Waals surface area contributed by atoms with Crippen LogP contribution < -0.4 is 14.8 Å². The standard InChI is InChI=1S/C22H10F20N2O6S2/c23-14(24,16(27,28)18(31,32)20(35,36)37)15(25,26)17(29,30)19(33,34)21(38,39)52(48,49)50-10-6-7-11(12(8-10)51(46,47)22(40,41)42)44-13(45)43-9-4-2-1-3-5-9/h1-8H,(H2,43,44,45). The number of carbonyl (C=O) groups is 1. The molecule has 296 valence electrons. The number of anilines is 2. The third-order valence-electron chi connectivity index (χ3n) is 6.04. The molecule has 0 saturated carbocycles. The van der Waals surface area contributed by atoms with E-state index in [2.05, 4.69) is 4.18 Å². The molecule has 2 aromatic carbocycles. The summed E-state index contributed by atoms with van der Waals surface area (Å²) < 4.78 is 320. The lowest BCUT2D eigenvalue weighted by Crippen LogP contribution is -2.75. The first-order valence-corrected chi connectivity index (χ1v) is 14.9. The fourth-order valence-electron chi connectivity index (χ4n) is 3.30. The quantitative estimate of drug-likeness (QED) is 0.164. The second-order valence-electron chi connectivity index (χ2n) is 9.55. The van der Waals surface area contributed by atoms with Crippen LogP contribution in [0, 0.1) is 0 Å². The predicted molar refractivity (Wildman–Crippen MR) is 129 cm³/mol. The second-order valence-corrected chi connectivity index (χ2v) is 13.0. The summed E-state index contributed by atoms with van der Waals surface area (Å²) in [6, 6.07) is 3.21. The fraction of sp³-hybridized carbons (Fsp3) is 0.409. The lowest BCUT2D eigenvalue weighted by atomic mass is 9.91. The summed E-state index contributed by atoms with van der Waals surface area (Å²) in [5, 5.41) is -4.92. The average Bonchev–Trinajstić information content (AvgIpc) is 2.96. The summed E-state index contributed by atoms with van der Waals surface area (Å²) in [4.78, 5) is 9.72. The summed E-state index contributed by atoms with van der Waals surface area (Å²) in [6.07, 6.45) is -8.05. The van der Waals surface area contributed by atoms with Crippen LogP contribution in [-0.4, -0.2) is 75.3 Å². The van der Waals surface area contributed by atoms with E-state index in [0.29, 0.717) is 0 Å². The van der Waals surface area contributed by atoms with Crippen molar-refractivity contribution >= 4 is 37.4 Å². The van der Waals surface area contributed by atoms with Gasteiger partial charge in [-0.1, -0.05) is 18.2 Å². The topological polar surface area (TPSA) is 119 Å². The van der Waals surface area contributed by atoms with Crippen molar-refractivity contribution in [2.24, 2.45) is 0 Å². The molecule has 2 amide bonds. The molecule has 30 heteroatoms. The van der Waals surface area contributed by atoms with Gasteiger partial charge in [0.15, 0.2) is 0 Å². The minimum atomic E-state index is -9.18. The number of alkyl halides is 20. The van der Waals surface area contributed by atoms with Crippen molar-refractivity contribution in [2.45, 2.75) is 57.4 Å². The highest BCUT2D eigenvalue weighted by molar-refractivity contribution is 7.92. The van der Waals surface area contributed by atoms with Gasteiger partial charge in [0.2, 0.25) is 0 Å². The van der Waals surface area contributed by atoms with Crippen LogP contribution in [0.2, 0.25) is 0 Å². The van der Waals surface area contributed by atoms with Gasteiger partial charge in [-0.15, -0.1) is 0 Å². The van der Waals surface area contributed by atoms with Crippen LogP contribution in [-0.2, 0) is 20.0 Å². The van der Waals surface area contributed by atoms with E-state index >= 15 is 0 Å². The number of urea groups is 1. The van der Waals surface area contributed by atoms with E-state index in [-0.39, 0.29) is 17.8 Å². The van der Waals surface area contributed by atoms with E-state index < -0.39 is 101 Å². The zero-order valence-corrected chi connectivity index (χ0v) is 25.1. The van der Waals surface area contributed by atoms with Crippen molar-refractivity contribution in [3.63, 3.8) is 0 Å². The molecule has 0 aromatic heterocycles. The van der Waals surface area contributed by atoms with E-state index in [1.165, 1.54) is 23.5 Å². The second kappa shape index (κ2) is 12.8. The van der Waals surface area contributed by atoms with Crippen LogP contribution in [0.15, 0.2) is 53.4 Å². The molecule has 0 saturated heterocycles. The average molecular weight is 842 g/mol. The molecule has 2 rings (SSSR count). The first-order valence-electron chi connectivity index (χ1n) is 12.0. The van der Waals surface area contributed by atoms with Crippen LogP contribution >= 0.6 is 0 Å². The Bertz CT molecular complexity index is 1880. The maximum atomic E-state index is 14.4. The first-order chi connectivity index (χ1) is 22.8. The molecule has 0 atom stereocenters. The monoisotopic (exact) mass is 842 g/mol. The molecule has 0 fully saturated rings. The smallest absolute Gasteiger partial charge is 0.378 e. The van der Waals surface area contributed by atoms with Crippen LogP contribution in [0.1, 0.15) is 0 Å². The lowest BCUT2D eigenvalue weighted by Gasteiger charge is -2.42. The maximum Gasteiger partial charge on any atom is 0.501 e. The van der Waals surface area contributed by atoms with E-state index in [4.69, 9.17) is 0 Å². The highest BCUT2D eigenvalue weighted by atomic mass is 32.2. The zero-order chi connectivity index (χ0) is 41.2. The number of rotatable bonds is 12. The number of benzene rings is 2. The van der Waals surface area contributed by atoms with Crippen molar-refractivity contribution < 1.29 is 114 Å². The number of carbonyl (C=O) groups excluding carboxylic acids is 1. The lowest BCUT2D eigenvalue weighted by molar-refractivity contribution is -0.458. The van der Waals surface area contributed by atoms with Gasteiger partial charge in [0.25, 0.3) is 9.84 Å². The van der Waals surface area contributed by atoms with Gasteiger partial charge in [-0.05, 0) is 24.3 Å². The first kappa shape index (κ1) is 44.2. The normalized spacial score (nSPS) is 14.9. The summed E-state index contributed by atoms with van der Waals surface area (Å²) in [5.41, 5.74) is -8.19. The molecule has 0 radical (unpaired) electrons. The van der Waals surface area contributed by atoms with E-state index in [1.54, 1.807) is 0 Å². The Hall–Kier alpha value is -3.99. The Kier molecular flexibility index (Phi) is 10.9. The Labute approximate surface area is 273 Å². The number of amides is 2. The third kappa shape index (κ3) is 6.81. The number of sulfone groups is 1. The minimum absolute atomic E-state index is 0.146. The van der Waals surface area contributed by atoms with Gasteiger partial charge in [-0.2, -0.15) is 96.2 Å². The van der Waals surface area contributed by atoms with Gasteiger partial charge in [0, 0.05) is 11.8 Å². The summed E-state index contributed by atoms with van der Waals surface area (Å²) in [6.45, 7) is 0. The number of halogens is 20. The molecule has 2 aromatic rings. The maximum absolute atomic E-state index is 14.4. The molecule has 0 heterocycles. The Morgan fingerprint density at radius 2 is 0.962 bits per heavy atom. The molecular weight excluding hydrogens is 832 g/mol. The van der Waals surface area contributed by atoms with Crippen molar-refractivity contribution in [1.82, 2.24) is 0 Å². The van der Waals surface area contributed by atoms with Gasteiger partial charge >= 0.3 is 68.6 Å². The molecule has 2 N–H and O–H groups in total. The van der Waals surface area contributed by atoms with Gasteiger partial charge in [-0.3, -0.25) is 0 Å². The van der Waals surface area contributed by atoms with Crippen LogP contribution in [0.3, 0.4) is 0 Å². The Morgan fingerprint density at radius 1 is 0.538 bits per heavy atom. The van der Waals surface area contributed by atoms with E-state index in [1.807, 2.05) is 5.32 Å². The minimum Gasteiger partial charge on any atom is -0.378 e. The summed E-state index contributed by atoms with van der Waals surface area (Å²) >= 11 is 0. The fourth-order valence-corrected chi connectivity index (χ4v) is 5.13. The molecule has 0 aliphatic heterocycles. The van der Waals surface area contributed by atoms with Crippen LogP contribution in [0.4, 0.5) is 104 Å². The van der Waals surface area contributed by atoms with Gasteiger partial charge in [0.1, 0.15) is 10.6 Å². The SMILES string of the molecule is O=C(Nc1ccccc1)Nc1ccc(OS(=O)(=O)C(F)(F)C(F)(F)C(F)(F)C(F)(F)C(F)(F)C(F)(F)C(F)(F)C(F)(F)F)cc1S(=O)(=O)C(F)(F)F. The summed E-state index contributed by atoms with van der Waals surface area (Å²) in [5.74, 6) is -56.0. The number of nitrogens with one attached hydrogen (secondary N) is 2. The van der Waals surface area contributed by atoms with Crippen molar-refractivity contribution in [3.05, 3.63) is 48.5 Å². The largest absolute Gasteiger partial charge is 0.501 e. The van der Waals surface area contributed by atoms with Crippen molar-refractivity contribution in [1.29, 1.82) is 0 Å². The van der Waals surface area contributed by atoms with Gasteiger partial charge < -0.3 is 14.8 Å². The molecule has 8 nitrogen and oxygen atoms in total. The molecule has 0 spiro atoms. The molecule has 0 aliphatic carbocycles. The third-order valence-corrected chi connectivity index (χ3v) is 8.86. The number of para-hydroxylation sites is 1. The molecule has 0 aliphatic rings. The number of hydrogen-bond acceptors (Lipinski definition) is 6. The van der Waals surface area contributed by atoms with Gasteiger partial charge in [-0.25, -0.2) is 13.2 Å². The molecule has 0 unspecified atom stereocenters. The van der Waals surface area contributed by atoms with Crippen LogP contribution in [0.5, 0.6) is 5.75 Å². The molecular formula is C22H10F20N2O6S2. The number of hydrogen-bond donors (Lipinski definition) is 2. The molecule has 0 bridgehead atoms. The molecule has 52 heavy (non-hydrogen) atoms. The van der Waals surface area contributed by atoms with E-state index in [9.17, 15) is 109 Å². The van der Waals surface area contributed by atoms with Gasteiger partial charge in [0.05, 0.1) is 5.69 Å². The van der Waals surface area contributed by atoms with Crippen molar-refractivity contribution in [3.8, 4) is 5.75 Å². The van der Waals surface area contributed by atoms with E-state index in [0.717, 1.165) is 12.1 Å².